The Morgan fingerprint density at radius 2 is 1.67 bits per heavy atom. The van der Waals surface area contributed by atoms with E-state index in [1.165, 1.54) is 4.90 Å². The number of imide groups is 1. The van der Waals surface area contributed by atoms with Crippen LogP contribution in [0.4, 0.5) is 0 Å². The second kappa shape index (κ2) is 7.21. The molecule has 3 amide bonds. The number of piperidine rings is 2. The summed E-state index contributed by atoms with van der Waals surface area (Å²) >= 11 is 0. The predicted octanol–water partition coefficient (Wildman–Crippen LogP) is 1.10. The first-order valence-electron chi connectivity index (χ1n) is 9.38. The van der Waals surface area contributed by atoms with Gasteiger partial charge in [0.25, 0.3) is 0 Å². The molecule has 0 aromatic rings. The lowest BCUT2D eigenvalue weighted by molar-refractivity contribution is -0.140. The van der Waals surface area contributed by atoms with E-state index >= 15 is 0 Å². The Labute approximate surface area is 144 Å². The summed E-state index contributed by atoms with van der Waals surface area (Å²) in [5.41, 5.74) is 0. The van der Waals surface area contributed by atoms with Gasteiger partial charge in [-0.2, -0.15) is 0 Å². The van der Waals surface area contributed by atoms with Gasteiger partial charge in [0.15, 0.2) is 0 Å². The summed E-state index contributed by atoms with van der Waals surface area (Å²) in [6.07, 6.45) is 4.12. The number of likely N-dealkylation sites (N-methyl/N-ethyl adjacent to an activating group) is 1. The quantitative estimate of drug-likeness (QED) is 0.725. The van der Waals surface area contributed by atoms with Gasteiger partial charge in [-0.3, -0.25) is 24.2 Å². The van der Waals surface area contributed by atoms with Crippen LogP contribution in [0.3, 0.4) is 0 Å². The van der Waals surface area contributed by atoms with Crippen LogP contribution >= 0.6 is 0 Å². The first kappa shape index (κ1) is 17.4. The molecule has 0 radical (unpaired) electrons. The minimum atomic E-state index is -0.302. The van der Waals surface area contributed by atoms with Gasteiger partial charge in [0.05, 0.1) is 12.5 Å². The third-order valence-corrected chi connectivity index (χ3v) is 5.95. The number of carbonyl (C=O) groups is 3. The van der Waals surface area contributed by atoms with E-state index in [2.05, 4.69) is 11.8 Å². The molecular formula is C18H29N3O3. The molecule has 3 heterocycles. The largest absolute Gasteiger partial charge is 0.342 e. The lowest BCUT2D eigenvalue weighted by atomic mass is 9.92. The predicted molar refractivity (Wildman–Crippen MR) is 90.1 cm³/mol. The fraction of sp³-hybridized carbons (Fsp3) is 0.833. The number of hydrogen-bond acceptors (Lipinski definition) is 4. The standard InChI is InChI=1S/C18H29N3O3/c1-3-21-16(22)12-15(18(21)24)19-10-6-14(7-11-19)17(23)20-8-4-13(2)5-9-20/h13-15H,3-12H2,1-2H3. The highest BCUT2D eigenvalue weighted by Crippen LogP contribution is 2.27. The highest BCUT2D eigenvalue weighted by molar-refractivity contribution is 6.05. The molecule has 0 aliphatic carbocycles. The van der Waals surface area contributed by atoms with E-state index in [1.807, 2.05) is 11.8 Å². The molecule has 0 saturated carbocycles. The van der Waals surface area contributed by atoms with E-state index in [0.29, 0.717) is 18.9 Å². The lowest BCUT2D eigenvalue weighted by Crippen LogP contribution is -2.49. The molecule has 0 spiro atoms. The second-order valence-corrected chi connectivity index (χ2v) is 7.51. The van der Waals surface area contributed by atoms with Crippen molar-refractivity contribution in [1.29, 1.82) is 0 Å². The Bertz CT molecular complexity index is 506. The smallest absolute Gasteiger partial charge is 0.247 e. The lowest BCUT2D eigenvalue weighted by Gasteiger charge is -2.38. The molecule has 3 aliphatic rings. The Kier molecular flexibility index (Phi) is 5.23. The molecule has 0 aromatic heterocycles. The van der Waals surface area contributed by atoms with E-state index in [1.54, 1.807) is 0 Å². The number of nitrogens with zero attached hydrogens (tertiary/aromatic N) is 3. The molecule has 6 nitrogen and oxygen atoms in total. The van der Waals surface area contributed by atoms with Crippen LogP contribution in [0.2, 0.25) is 0 Å². The minimum Gasteiger partial charge on any atom is -0.342 e. The molecule has 24 heavy (non-hydrogen) atoms. The second-order valence-electron chi connectivity index (χ2n) is 7.51. The van der Waals surface area contributed by atoms with Crippen LogP contribution in [0.5, 0.6) is 0 Å². The van der Waals surface area contributed by atoms with Crippen LogP contribution in [0.25, 0.3) is 0 Å². The third kappa shape index (κ3) is 3.34. The Balaban J connectivity index is 1.52. The monoisotopic (exact) mass is 335 g/mol. The molecule has 3 saturated heterocycles. The van der Waals surface area contributed by atoms with Crippen LogP contribution in [-0.4, -0.2) is 71.2 Å². The van der Waals surface area contributed by atoms with E-state index in [-0.39, 0.29) is 23.8 Å². The average Bonchev–Trinajstić information content (AvgIpc) is 2.89. The molecule has 0 N–H and O–H groups in total. The van der Waals surface area contributed by atoms with Gasteiger partial charge in [0.2, 0.25) is 17.7 Å². The van der Waals surface area contributed by atoms with Gasteiger partial charge >= 0.3 is 0 Å². The fourth-order valence-corrected chi connectivity index (χ4v) is 4.23. The van der Waals surface area contributed by atoms with Crippen LogP contribution in [-0.2, 0) is 14.4 Å². The normalized spacial score (nSPS) is 28.0. The first-order valence-corrected chi connectivity index (χ1v) is 9.38. The molecule has 1 unspecified atom stereocenters. The number of hydrogen-bond donors (Lipinski definition) is 0. The number of amides is 3. The van der Waals surface area contributed by atoms with Crippen molar-refractivity contribution in [2.45, 2.75) is 52.0 Å². The highest BCUT2D eigenvalue weighted by Gasteiger charge is 2.42. The van der Waals surface area contributed by atoms with Crippen molar-refractivity contribution < 1.29 is 14.4 Å². The summed E-state index contributed by atoms with van der Waals surface area (Å²) in [4.78, 5) is 42.4. The van der Waals surface area contributed by atoms with E-state index in [0.717, 1.165) is 57.8 Å². The number of rotatable bonds is 3. The highest BCUT2D eigenvalue weighted by atomic mass is 16.2. The zero-order valence-corrected chi connectivity index (χ0v) is 14.9. The molecule has 0 aromatic carbocycles. The molecule has 0 bridgehead atoms. The van der Waals surface area contributed by atoms with E-state index in [4.69, 9.17) is 0 Å². The van der Waals surface area contributed by atoms with Gasteiger partial charge in [-0.05, 0) is 51.6 Å². The van der Waals surface area contributed by atoms with Crippen LogP contribution in [0.1, 0.15) is 46.0 Å². The number of likely N-dealkylation sites (tertiary alicyclic amines) is 3. The van der Waals surface area contributed by atoms with Crippen LogP contribution in [0, 0.1) is 11.8 Å². The summed E-state index contributed by atoms with van der Waals surface area (Å²) in [6, 6.07) is -0.302. The summed E-state index contributed by atoms with van der Waals surface area (Å²) < 4.78 is 0. The molecule has 1 atom stereocenters. The van der Waals surface area contributed by atoms with Gasteiger partial charge < -0.3 is 4.90 Å². The topological polar surface area (TPSA) is 60.9 Å². The third-order valence-electron chi connectivity index (χ3n) is 5.95. The Morgan fingerprint density at radius 1 is 1.04 bits per heavy atom. The zero-order valence-electron chi connectivity index (χ0n) is 14.9. The van der Waals surface area contributed by atoms with Crippen molar-refractivity contribution in [3.8, 4) is 0 Å². The van der Waals surface area contributed by atoms with E-state index in [9.17, 15) is 14.4 Å². The molecule has 134 valence electrons. The molecule has 6 heteroatoms. The van der Waals surface area contributed by atoms with Gasteiger partial charge in [0.1, 0.15) is 0 Å². The maximum absolute atomic E-state index is 12.7. The minimum absolute atomic E-state index is 0.0581. The molecule has 3 aliphatic heterocycles. The van der Waals surface area contributed by atoms with Gasteiger partial charge in [-0.15, -0.1) is 0 Å². The van der Waals surface area contributed by atoms with Crippen LogP contribution in [0.15, 0.2) is 0 Å². The number of carbonyl (C=O) groups excluding carboxylic acids is 3. The van der Waals surface area contributed by atoms with Gasteiger partial charge in [0, 0.05) is 25.6 Å². The Hall–Kier alpha value is -1.43. The Morgan fingerprint density at radius 3 is 2.21 bits per heavy atom. The fourth-order valence-electron chi connectivity index (χ4n) is 4.23. The van der Waals surface area contributed by atoms with E-state index < -0.39 is 0 Å². The maximum Gasteiger partial charge on any atom is 0.247 e. The SMILES string of the molecule is CCN1C(=O)CC(N2CCC(C(=O)N3CCC(C)CC3)CC2)C1=O. The maximum atomic E-state index is 12.7. The average molecular weight is 335 g/mol. The summed E-state index contributed by atoms with van der Waals surface area (Å²) in [5.74, 6) is 0.989. The van der Waals surface area contributed by atoms with Crippen molar-refractivity contribution in [1.82, 2.24) is 14.7 Å². The van der Waals surface area contributed by atoms with Crippen molar-refractivity contribution in [2.75, 3.05) is 32.7 Å². The summed E-state index contributed by atoms with van der Waals surface area (Å²) in [5, 5.41) is 0. The first-order chi connectivity index (χ1) is 11.5. The van der Waals surface area contributed by atoms with Crippen molar-refractivity contribution >= 4 is 17.7 Å². The van der Waals surface area contributed by atoms with Gasteiger partial charge in [-0.25, -0.2) is 0 Å². The van der Waals surface area contributed by atoms with Crippen molar-refractivity contribution in [2.24, 2.45) is 11.8 Å². The van der Waals surface area contributed by atoms with Crippen molar-refractivity contribution in [3.05, 3.63) is 0 Å². The van der Waals surface area contributed by atoms with Crippen LogP contribution < -0.4 is 0 Å². The zero-order chi connectivity index (χ0) is 17.3. The summed E-state index contributed by atoms with van der Waals surface area (Å²) in [7, 11) is 0. The molecule has 3 rings (SSSR count). The molecular weight excluding hydrogens is 306 g/mol. The molecule has 3 fully saturated rings. The summed E-state index contributed by atoms with van der Waals surface area (Å²) in [6.45, 7) is 7.80. The van der Waals surface area contributed by atoms with Crippen molar-refractivity contribution in [3.63, 3.8) is 0 Å². The van der Waals surface area contributed by atoms with Gasteiger partial charge in [-0.1, -0.05) is 6.92 Å².